The summed E-state index contributed by atoms with van der Waals surface area (Å²) in [6, 6.07) is 1.63. The van der Waals surface area contributed by atoms with Gasteiger partial charge >= 0.3 is 0 Å². The summed E-state index contributed by atoms with van der Waals surface area (Å²) in [7, 11) is 3.11. The van der Waals surface area contributed by atoms with Crippen LogP contribution in [0.15, 0.2) is 6.07 Å². The molecule has 5 heteroatoms. The van der Waals surface area contributed by atoms with Gasteiger partial charge in [0.1, 0.15) is 5.75 Å². The molecule has 0 amide bonds. The Morgan fingerprint density at radius 2 is 2.18 bits per heavy atom. The quantitative estimate of drug-likeness (QED) is 0.874. The second-order valence-corrected chi connectivity index (χ2v) is 4.41. The van der Waals surface area contributed by atoms with Crippen LogP contribution in [0, 0.1) is 0 Å². The van der Waals surface area contributed by atoms with Gasteiger partial charge in [0.25, 0.3) is 0 Å². The third kappa shape index (κ3) is 2.15. The molecule has 1 heterocycles. The molecule has 0 radical (unpaired) electrons. The van der Waals surface area contributed by atoms with Crippen LogP contribution in [0.3, 0.4) is 0 Å². The van der Waals surface area contributed by atoms with E-state index in [0.717, 1.165) is 19.4 Å². The van der Waals surface area contributed by atoms with Crippen LogP contribution in [0.2, 0.25) is 5.02 Å². The zero-order valence-corrected chi connectivity index (χ0v) is 10.7. The fourth-order valence-electron chi connectivity index (χ4n) is 2.23. The first-order chi connectivity index (χ1) is 8.19. The fourth-order valence-corrected chi connectivity index (χ4v) is 2.44. The lowest BCUT2D eigenvalue weighted by molar-refractivity contribution is 0.342. The molecule has 0 spiro atoms. The van der Waals surface area contributed by atoms with E-state index in [1.807, 2.05) is 0 Å². The average molecular weight is 258 g/mol. The Bertz CT molecular complexity index is 417. The summed E-state index contributed by atoms with van der Waals surface area (Å²) in [6.45, 7) is 0.933. The van der Waals surface area contributed by atoms with Crippen LogP contribution < -0.4 is 14.8 Å². The van der Waals surface area contributed by atoms with Crippen molar-refractivity contribution in [3.8, 4) is 17.2 Å². The highest BCUT2D eigenvalue weighted by Crippen LogP contribution is 2.46. The number of nitrogens with one attached hydrogen (secondary N) is 1. The number of methoxy groups -OCH3 is 2. The molecule has 1 aromatic rings. The summed E-state index contributed by atoms with van der Waals surface area (Å²) < 4.78 is 10.6. The van der Waals surface area contributed by atoms with Crippen molar-refractivity contribution in [1.29, 1.82) is 0 Å². The Labute approximate surface area is 105 Å². The first kappa shape index (κ1) is 12.3. The lowest BCUT2D eigenvalue weighted by Gasteiger charge is -2.19. The van der Waals surface area contributed by atoms with Gasteiger partial charge in [0.2, 0.25) is 0 Å². The number of hydrogen-bond donors (Lipinski definition) is 2. The van der Waals surface area contributed by atoms with Crippen molar-refractivity contribution in [3.05, 3.63) is 16.7 Å². The van der Waals surface area contributed by atoms with Crippen molar-refractivity contribution in [3.63, 3.8) is 0 Å². The zero-order valence-electron chi connectivity index (χ0n) is 9.92. The van der Waals surface area contributed by atoms with E-state index < -0.39 is 0 Å². The van der Waals surface area contributed by atoms with E-state index in [-0.39, 0.29) is 16.8 Å². The van der Waals surface area contributed by atoms with E-state index in [4.69, 9.17) is 21.1 Å². The summed E-state index contributed by atoms with van der Waals surface area (Å²) >= 11 is 5.99. The topological polar surface area (TPSA) is 50.7 Å². The number of ether oxygens (including phenoxy) is 2. The van der Waals surface area contributed by atoms with Gasteiger partial charge in [-0.05, 0) is 19.4 Å². The van der Waals surface area contributed by atoms with Crippen molar-refractivity contribution in [2.45, 2.75) is 18.9 Å². The molecule has 1 aromatic carbocycles. The molecule has 17 heavy (non-hydrogen) atoms. The summed E-state index contributed by atoms with van der Waals surface area (Å²) in [5, 5.41) is 13.7. The van der Waals surface area contributed by atoms with E-state index in [2.05, 4.69) is 5.32 Å². The van der Waals surface area contributed by atoms with Crippen LogP contribution in [0.4, 0.5) is 0 Å². The average Bonchev–Trinajstić information content (AvgIpc) is 2.85. The first-order valence-electron chi connectivity index (χ1n) is 5.55. The van der Waals surface area contributed by atoms with Gasteiger partial charge in [-0.2, -0.15) is 0 Å². The molecule has 1 saturated heterocycles. The molecule has 1 atom stereocenters. The smallest absolute Gasteiger partial charge is 0.169 e. The highest BCUT2D eigenvalue weighted by atomic mass is 35.5. The minimum atomic E-state index is 0.0672. The molecule has 0 bridgehead atoms. The van der Waals surface area contributed by atoms with Crippen molar-refractivity contribution in [2.24, 2.45) is 0 Å². The maximum Gasteiger partial charge on any atom is 0.169 e. The molecule has 0 saturated carbocycles. The van der Waals surface area contributed by atoms with Gasteiger partial charge < -0.3 is 19.9 Å². The molecule has 2 N–H and O–H groups in total. The number of halogens is 1. The standard InChI is InChI=1S/C12H16ClNO3/c1-16-9-6-7(13)11(15)10(12(9)17-2)8-4-3-5-14-8/h6,8,14-15H,3-5H2,1-2H3. The third-order valence-corrected chi connectivity index (χ3v) is 3.33. The van der Waals surface area contributed by atoms with Gasteiger partial charge in [-0.1, -0.05) is 11.6 Å². The predicted molar refractivity (Wildman–Crippen MR) is 66.2 cm³/mol. The van der Waals surface area contributed by atoms with Crippen molar-refractivity contribution >= 4 is 11.6 Å². The maximum absolute atomic E-state index is 10.1. The van der Waals surface area contributed by atoms with E-state index in [0.29, 0.717) is 17.1 Å². The van der Waals surface area contributed by atoms with E-state index in [9.17, 15) is 5.11 Å². The molecule has 2 rings (SSSR count). The van der Waals surface area contributed by atoms with Crippen LogP contribution in [-0.2, 0) is 0 Å². The Hall–Kier alpha value is -1.13. The SMILES string of the molecule is COc1cc(Cl)c(O)c(C2CCCN2)c1OC. The van der Waals surface area contributed by atoms with Gasteiger partial charge in [-0.15, -0.1) is 0 Å². The van der Waals surface area contributed by atoms with Crippen molar-refractivity contribution in [1.82, 2.24) is 5.32 Å². The van der Waals surface area contributed by atoms with Gasteiger partial charge in [0.15, 0.2) is 11.5 Å². The molecular formula is C12H16ClNO3. The number of aromatic hydroxyl groups is 1. The predicted octanol–water partition coefficient (Wildman–Crippen LogP) is 2.49. The van der Waals surface area contributed by atoms with Gasteiger partial charge in [0.05, 0.1) is 24.8 Å². The molecule has 1 aliphatic rings. The summed E-state index contributed by atoms with van der Waals surface area (Å²) in [5.74, 6) is 1.16. The van der Waals surface area contributed by atoms with Gasteiger partial charge in [-0.3, -0.25) is 0 Å². The van der Waals surface area contributed by atoms with E-state index >= 15 is 0 Å². The van der Waals surface area contributed by atoms with Crippen molar-refractivity contribution < 1.29 is 14.6 Å². The Morgan fingerprint density at radius 1 is 1.41 bits per heavy atom. The van der Waals surface area contributed by atoms with Crippen molar-refractivity contribution in [2.75, 3.05) is 20.8 Å². The van der Waals surface area contributed by atoms with Crippen LogP contribution in [0.1, 0.15) is 24.4 Å². The van der Waals surface area contributed by atoms with E-state index in [1.54, 1.807) is 20.3 Å². The Kier molecular flexibility index (Phi) is 3.64. The third-order valence-electron chi connectivity index (χ3n) is 3.04. The Balaban J connectivity index is 2.56. The largest absolute Gasteiger partial charge is 0.506 e. The molecule has 0 aromatic heterocycles. The highest BCUT2D eigenvalue weighted by Gasteiger charge is 2.27. The van der Waals surface area contributed by atoms with Gasteiger partial charge in [-0.25, -0.2) is 0 Å². The van der Waals surface area contributed by atoms with Gasteiger partial charge in [0, 0.05) is 12.1 Å². The first-order valence-corrected chi connectivity index (χ1v) is 5.93. The van der Waals surface area contributed by atoms with Crippen LogP contribution in [0.5, 0.6) is 17.2 Å². The summed E-state index contributed by atoms with van der Waals surface area (Å²) in [4.78, 5) is 0. The molecule has 4 nitrogen and oxygen atoms in total. The Morgan fingerprint density at radius 3 is 2.71 bits per heavy atom. The molecule has 1 unspecified atom stereocenters. The number of benzene rings is 1. The summed E-state index contributed by atoms with van der Waals surface area (Å²) in [5.41, 5.74) is 0.689. The summed E-state index contributed by atoms with van der Waals surface area (Å²) in [6.07, 6.45) is 2.02. The number of rotatable bonds is 3. The van der Waals surface area contributed by atoms with Crippen LogP contribution in [0.25, 0.3) is 0 Å². The monoisotopic (exact) mass is 257 g/mol. The molecule has 1 fully saturated rings. The number of phenolic OH excluding ortho intramolecular Hbond substituents is 1. The number of hydrogen-bond acceptors (Lipinski definition) is 4. The maximum atomic E-state index is 10.1. The van der Waals surface area contributed by atoms with Crippen LogP contribution in [-0.4, -0.2) is 25.9 Å². The second kappa shape index (κ2) is 5.02. The lowest BCUT2D eigenvalue weighted by atomic mass is 10.0. The molecular weight excluding hydrogens is 242 g/mol. The van der Waals surface area contributed by atoms with Crippen LogP contribution >= 0.6 is 11.6 Å². The normalized spacial score (nSPS) is 19.4. The second-order valence-electron chi connectivity index (χ2n) is 4.01. The van der Waals surface area contributed by atoms with E-state index in [1.165, 1.54) is 0 Å². The molecule has 1 aliphatic heterocycles. The zero-order chi connectivity index (χ0) is 12.4. The fraction of sp³-hybridized carbons (Fsp3) is 0.500. The highest BCUT2D eigenvalue weighted by molar-refractivity contribution is 6.32. The molecule has 94 valence electrons. The minimum absolute atomic E-state index is 0.0672. The lowest BCUT2D eigenvalue weighted by Crippen LogP contribution is -2.14. The molecule has 0 aliphatic carbocycles. The minimum Gasteiger partial charge on any atom is -0.506 e. The number of phenols is 1.